The van der Waals surface area contributed by atoms with Gasteiger partial charge in [-0.15, -0.1) is 0 Å². The zero-order valence-electron chi connectivity index (χ0n) is 14.3. The Morgan fingerprint density at radius 3 is 2.85 bits per heavy atom. The van der Waals surface area contributed by atoms with Crippen LogP contribution in [0.1, 0.15) is 10.4 Å². The second kappa shape index (κ2) is 7.25. The van der Waals surface area contributed by atoms with Crippen LogP contribution in [0.25, 0.3) is 22.1 Å². The molecular formula is C20H16N4O3. The summed E-state index contributed by atoms with van der Waals surface area (Å²) in [4.78, 5) is 28.6. The first-order valence-corrected chi connectivity index (χ1v) is 8.45. The maximum absolute atomic E-state index is 12.4. The molecule has 0 atom stereocenters. The van der Waals surface area contributed by atoms with Crippen molar-refractivity contribution in [2.75, 3.05) is 6.54 Å². The van der Waals surface area contributed by atoms with Gasteiger partial charge in [-0.3, -0.25) is 9.48 Å². The van der Waals surface area contributed by atoms with Crippen LogP contribution >= 0.6 is 0 Å². The molecule has 4 aromatic rings. The molecule has 0 saturated heterocycles. The molecule has 0 saturated carbocycles. The average Bonchev–Trinajstić information content (AvgIpc) is 3.21. The third-order valence-corrected chi connectivity index (χ3v) is 4.17. The molecule has 0 fully saturated rings. The predicted molar refractivity (Wildman–Crippen MR) is 100 cm³/mol. The van der Waals surface area contributed by atoms with E-state index in [2.05, 4.69) is 15.4 Å². The van der Waals surface area contributed by atoms with Gasteiger partial charge in [-0.05, 0) is 29.8 Å². The molecule has 0 aliphatic rings. The van der Waals surface area contributed by atoms with Gasteiger partial charge >= 0.3 is 5.63 Å². The van der Waals surface area contributed by atoms with E-state index in [1.165, 1.54) is 6.33 Å². The van der Waals surface area contributed by atoms with Crippen molar-refractivity contribution in [2.45, 2.75) is 6.54 Å². The fraction of sp³-hybridized carbons (Fsp3) is 0.100. The van der Waals surface area contributed by atoms with Crippen molar-refractivity contribution in [2.24, 2.45) is 0 Å². The lowest BCUT2D eigenvalue weighted by Gasteiger charge is -2.07. The highest BCUT2D eigenvalue weighted by Crippen LogP contribution is 2.21. The average molecular weight is 360 g/mol. The van der Waals surface area contributed by atoms with Gasteiger partial charge in [-0.25, -0.2) is 9.78 Å². The molecule has 4 rings (SSSR count). The number of rotatable bonds is 5. The monoisotopic (exact) mass is 360 g/mol. The minimum atomic E-state index is -0.433. The van der Waals surface area contributed by atoms with E-state index in [9.17, 15) is 9.59 Å². The molecule has 0 unspecified atom stereocenters. The lowest BCUT2D eigenvalue weighted by atomic mass is 10.0. The standard InChI is InChI=1S/C20H16N4O3/c25-19(22-8-9-24-13-21-12-23-24)16-6-3-5-14(10-16)17-11-15-4-1-2-7-18(15)27-20(17)26/h1-7,10-13H,8-9H2,(H,22,25). The van der Waals surface area contributed by atoms with Crippen LogP contribution in [0, 0.1) is 0 Å². The third kappa shape index (κ3) is 3.62. The number of carbonyl (C=O) groups excluding carboxylic acids is 1. The second-order valence-electron chi connectivity index (χ2n) is 5.98. The van der Waals surface area contributed by atoms with E-state index in [-0.39, 0.29) is 5.91 Å². The number of para-hydroxylation sites is 1. The molecular weight excluding hydrogens is 344 g/mol. The van der Waals surface area contributed by atoms with Crippen molar-refractivity contribution in [1.29, 1.82) is 0 Å². The van der Waals surface area contributed by atoms with Crippen LogP contribution in [0.15, 0.2) is 76.5 Å². The summed E-state index contributed by atoms with van der Waals surface area (Å²) in [5.74, 6) is -0.220. The summed E-state index contributed by atoms with van der Waals surface area (Å²) in [6.45, 7) is 0.949. The Morgan fingerprint density at radius 1 is 1.11 bits per heavy atom. The Kier molecular flexibility index (Phi) is 4.49. The molecule has 0 bridgehead atoms. The molecule has 2 aromatic carbocycles. The minimum absolute atomic E-state index is 0.220. The number of benzene rings is 2. The fourth-order valence-electron chi connectivity index (χ4n) is 2.83. The maximum Gasteiger partial charge on any atom is 0.344 e. The first-order chi connectivity index (χ1) is 13.2. The zero-order chi connectivity index (χ0) is 18.6. The van der Waals surface area contributed by atoms with Gasteiger partial charge in [0, 0.05) is 17.5 Å². The molecule has 0 aliphatic heterocycles. The Labute approximate surface area is 154 Å². The van der Waals surface area contributed by atoms with Crippen LogP contribution in [0.4, 0.5) is 0 Å². The van der Waals surface area contributed by atoms with Crippen molar-refractivity contribution in [3.8, 4) is 11.1 Å². The number of aromatic nitrogens is 3. The van der Waals surface area contributed by atoms with Gasteiger partial charge in [0.15, 0.2) is 0 Å². The number of carbonyl (C=O) groups is 1. The van der Waals surface area contributed by atoms with E-state index >= 15 is 0 Å². The molecule has 27 heavy (non-hydrogen) atoms. The largest absolute Gasteiger partial charge is 0.422 e. The molecule has 2 aromatic heterocycles. The summed E-state index contributed by atoms with van der Waals surface area (Å²) < 4.78 is 7.02. The Hall–Kier alpha value is -3.74. The maximum atomic E-state index is 12.4. The Bertz CT molecular complexity index is 1150. The second-order valence-corrected chi connectivity index (χ2v) is 5.98. The first kappa shape index (κ1) is 16.7. The highest BCUT2D eigenvalue weighted by Gasteiger charge is 2.11. The van der Waals surface area contributed by atoms with E-state index in [1.54, 1.807) is 47.4 Å². The van der Waals surface area contributed by atoms with Crippen LogP contribution in [-0.4, -0.2) is 27.2 Å². The normalized spacial score (nSPS) is 10.8. The summed E-state index contributed by atoms with van der Waals surface area (Å²) in [6, 6.07) is 16.0. The third-order valence-electron chi connectivity index (χ3n) is 4.17. The zero-order valence-corrected chi connectivity index (χ0v) is 14.3. The molecule has 1 N–H and O–H groups in total. The summed E-state index contributed by atoms with van der Waals surface area (Å²) in [7, 11) is 0. The van der Waals surface area contributed by atoms with Crippen molar-refractivity contribution in [3.63, 3.8) is 0 Å². The van der Waals surface area contributed by atoms with Crippen LogP contribution in [0.5, 0.6) is 0 Å². The molecule has 7 heteroatoms. The molecule has 0 spiro atoms. The van der Waals surface area contributed by atoms with Gasteiger partial charge in [0.05, 0.1) is 12.1 Å². The molecule has 7 nitrogen and oxygen atoms in total. The van der Waals surface area contributed by atoms with Gasteiger partial charge in [0.1, 0.15) is 18.2 Å². The minimum Gasteiger partial charge on any atom is -0.422 e. The smallest absolute Gasteiger partial charge is 0.344 e. The SMILES string of the molecule is O=C(NCCn1cncn1)c1cccc(-c2cc3ccccc3oc2=O)c1. The van der Waals surface area contributed by atoms with E-state index in [0.717, 1.165) is 5.39 Å². The molecule has 1 amide bonds. The Morgan fingerprint density at radius 2 is 2.00 bits per heavy atom. The molecule has 0 radical (unpaired) electrons. The summed E-state index contributed by atoms with van der Waals surface area (Å²) in [6.07, 6.45) is 3.03. The van der Waals surface area contributed by atoms with Crippen molar-refractivity contribution < 1.29 is 9.21 Å². The van der Waals surface area contributed by atoms with Crippen molar-refractivity contribution in [1.82, 2.24) is 20.1 Å². The van der Waals surface area contributed by atoms with Gasteiger partial charge in [0.25, 0.3) is 5.91 Å². The lowest BCUT2D eigenvalue weighted by Crippen LogP contribution is -2.27. The van der Waals surface area contributed by atoms with E-state index in [1.807, 2.05) is 18.2 Å². The summed E-state index contributed by atoms with van der Waals surface area (Å²) >= 11 is 0. The first-order valence-electron chi connectivity index (χ1n) is 8.45. The van der Waals surface area contributed by atoms with Crippen molar-refractivity contribution in [3.05, 3.63) is 83.2 Å². The number of hydrogen-bond acceptors (Lipinski definition) is 5. The molecule has 0 aliphatic carbocycles. The number of amides is 1. The molecule has 2 heterocycles. The van der Waals surface area contributed by atoms with E-state index in [0.29, 0.717) is 35.4 Å². The van der Waals surface area contributed by atoms with E-state index in [4.69, 9.17) is 4.42 Å². The van der Waals surface area contributed by atoms with Crippen molar-refractivity contribution >= 4 is 16.9 Å². The van der Waals surface area contributed by atoms with E-state index < -0.39 is 5.63 Å². The number of fused-ring (bicyclic) bond motifs is 1. The van der Waals surface area contributed by atoms with Crippen LogP contribution < -0.4 is 10.9 Å². The summed E-state index contributed by atoms with van der Waals surface area (Å²) in [5, 5.41) is 7.64. The van der Waals surface area contributed by atoms with Gasteiger partial charge in [-0.1, -0.05) is 30.3 Å². The lowest BCUT2D eigenvalue weighted by molar-refractivity contribution is 0.0952. The predicted octanol–water partition coefficient (Wildman–Crippen LogP) is 2.48. The van der Waals surface area contributed by atoms with Crippen LogP contribution in [-0.2, 0) is 6.54 Å². The van der Waals surface area contributed by atoms with Gasteiger partial charge in [-0.2, -0.15) is 5.10 Å². The Balaban J connectivity index is 1.56. The molecule has 134 valence electrons. The number of hydrogen-bond donors (Lipinski definition) is 1. The van der Waals surface area contributed by atoms with Crippen LogP contribution in [0.3, 0.4) is 0 Å². The highest BCUT2D eigenvalue weighted by atomic mass is 16.4. The van der Waals surface area contributed by atoms with Crippen LogP contribution in [0.2, 0.25) is 0 Å². The number of nitrogens with one attached hydrogen (secondary N) is 1. The fourth-order valence-corrected chi connectivity index (χ4v) is 2.83. The van der Waals surface area contributed by atoms with Gasteiger partial charge in [0.2, 0.25) is 0 Å². The topological polar surface area (TPSA) is 90.0 Å². The number of nitrogens with zero attached hydrogens (tertiary/aromatic N) is 3. The quantitative estimate of drug-likeness (QED) is 0.552. The highest BCUT2D eigenvalue weighted by molar-refractivity contribution is 5.95. The van der Waals surface area contributed by atoms with Gasteiger partial charge < -0.3 is 9.73 Å². The summed E-state index contributed by atoms with van der Waals surface area (Å²) in [5.41, 5.74) is 1.63.